The minimum atomic E-state index is -0.306. The first-order valence-electron chi connectivity index (χ1n) is 7.85. The lowest BCUT2D eigenvalue weighted by Gasteiger charge is -2.08. The number of nitrogens with one attached hydrogen (secondary N) is 3. The Labute approximate surface area is 140 Å². The Morgan fingerprint density at radius 1 is 1.29 bits per heavy atom. The molecule has 0 spiro atoms. The lowest BCUT2D eigenvalue weighted by Crippen LogP contribution is -2.28. The SMILES string of the molecule is CCNC(=O)COc1cccc(NC(=O)c2cc(C(C)C)[nH]n2)c1. The molecule has 1 aromatic carbocycles. The normalized spacial score (nSPS) is 10.5. The van der Waals surface area contributed by atoms with Gasteiger partial charge in [-0.15, -0.1) is 0 Å². The lowest BCUT2D eigenvalue weighted by molar-refractivity contribution is -0.122. The summed E-state index contributed by atoms with van der Waals surface area (Å²) in [6.45, 7) is 6.37. The summed E-state index contributed by atoms with van der Waals surface area (Å²) in [6, 6.07) is 8.60. The fourth-order valence-corrected chi connectivity index (χ4v) is 2.00. The zero-order valence-electron chi connectivity index (χ0n) is 14.1. The van der Waals surface area contributed by atoms with Gasteiger partial charge in [0.2, 0.25) is 0 Å². The van der Waals surface area contributed by atoms with E-state index in [2.05, 4.69) is 20.8 Å². The first-order valence-corrected chi connectivity index (χ1v) is 7.85. The van der Waals surface area contributed by atoms with Crippen molar-refractivity contribution < 1.29 is 14.3 Å². The third kappa shape index (κ3) is 4.84. The Kier molecular flexibility index (Phi) is 5.95. The van der Waals surface area contributed by atoms with Crippen LogP contribution < -0.4 is 15.4 Å². The first-order chi connectivity index (χ1) is 11.5. The number of hydrogen-bond acceptors (Lipinski definition) is 4. The Hall–Kier alpha value is -2.83. The molecule has 24 heavy (non-hydrogen) atoms. The molecule has 2 amide bonds. The maximum absolute atomic E-state index is 12.2. The predicted octanol–water partition coefficient (Wildman–Crippen LogP) is 2.30. The zero-order valence-corrected chi connectivity index (χ0v) is 14.1. The topological polar surface area (TPSA) is 96.1 Å². The molecule has 7 nitrogen and oxygen atoms in total. The molecular weight excluding hydrogens is 308 g/mol. The Balaban J connectivity index is 1.97. The highest BCUT2D eigenvalue weighted by molar-refractivity contribution is 6.03. The second-order valence-electron chi connectivity index (χ2n) is 5.59. The third-order valence-electron chi connectivity index (χ3n) is 3.29. The van der Waals surface area contributed by atoms with E-state index < -0.39 is 0 Å². The molecule has 0 radical (unpaired) electrons. The Bertz CT molecular complexity index is 709. The van der Waals surface area contributed by atoms with Gasteiger partial charge in [-0.1, -0.05) is 19.9 Å². The van der Waals surface area contributed by atoms with Crippen molar-refractivity contribution in [1.82, 2.24) is 15.5 Å². The van der Waals surface area contributed by atoms with Gasteiger partial charge in [0.15, 0.2) is 12.3 Å². The molecule has 0 aliphatic rings. The van der Waals surface area contributed by atoms with E-state index in [4.69, 9.17) is 4.74 Å². The molecule has 0 saturated carbocycles. The zero-order chi connectivity index (χ0) is 17.5. The van der Waals surface area contributed by atoms with Crippen molar-refractivity contribution in [2.45, 2.75) is 26.7 Å². The lowest BCUT2D eigenvalue weighted by atomic mass is 10.1. The molecule has 0 atom stereocenters. The molecule has 2 aromatic rings. The fraction of sp³-hybridized carbons (Fsp3) is 0.353. The second-order valence-corrected chi connectivity index (χ2v) is 5.59. The van der Waals surface area contributed by atoms with Crippen LogP contribution in [0.4, 0.5) is 5.69 Å². The Morgan fingerprint density at radius 2 is 2.08 bits per heavy atom. The molecule has 1 aromatic heterocycles. The van der Waals surface area contributed by atoms with Gasteiger partial charge in [0.1, 0.15) is 5.75 Å². The van der Waals surface area contributed by atoms with Crippen molar-refractivity contribution in [2.24, 2.45) is 0 Å². The number of aromatic nitrogens is 2. The van der Waals surface area contributed by atoms with Crippen LogP contribution in [0.25, 0.3) is 0 Å². The highest BCUT2D eigenvalue weighted by atomic mass is 16.5. The van der Waals surface area contributed by atoms with Gasteiger partial charge in [-0.25, -0.2) is 0 Å². The van der Waals surface area contributed by atoms with Crippen LogP contribution >= 0.6 is 0 Å². The minimum absolute atomic E-state index is 0.0671. The van der Waals surface area contributed by atoms with Crippen LogP contribution in [-0.2, 0) is 4.79 Å². The summed E-state index contributed by atoms with van der Waals surface area (Å²) in [6.07, 6.45) is 0. The predicted molar refractivity (Wildman–Crippen MR) is 91.3 cm³/mol. The van der Waals surface area contributed by atoms with Gasteiger partial charge >= 0.3 is 0 Å². The molecule has 0 fully saturated rings. The molecule has 1 heterocycles. The molecule has 128 valence electrons. The van der Waals surface area contributed by atoms with Crippen LogP contribution in [0, 0.1) is 0 Å². The average Bonchev–Trinajstić information content (AvgIpc) is 3.04. The van der Waals surface area contributed by atoms with E-state index in [1.807, 2.05) is 20.8 Å². The van der Waals surface area contributed by atoms with Gasteiger partial charge in [-0.05, 0) is 31.0 Å². The number of H-pyrrole nitrogens is 1. The summed E-state index contributed by atoms with van der Waals surface area (Å²) in [4.78, 5) is 23.6. The van der Waals surface area contributed by atoms with Gasteiger partial charge in [-0.3, -0.25) is 14.7 Å². The number of ether oxygens (including phenoxy) is 1. The summed E-state index contributed by atoms with van der Waals surface area (Å²) >= 11 is 0. The van der Waals surface area contributed by atoms with E-state index in [1.165, 1.54) is 0 Å². The average molecular weight is 330 g/mol. The van der Waals surface area contributed by atoms with Gasteiger partial charge in [0.05, 0.1) is 0 Å². The van der Waals surface area contributed by atoms with E-state index in [0.29, 0.717) is 23.7 Å². The van der Waals surface area contributed by atoms with Crippen LogP contribution in [-0.4, -0.2) is 35.2 Å². The van der Waals surface area contributed by atoms with E-state index in [0.717, 1.165) is 5.69 Å². The minimum Gasteiger partial charge on any atom is -0.484 e. The standard InChI is InChI=1S/C17H22N4O3/c1-4-18-16(22)10-24-13-7-5-6-12(8-13)19-17(23)15-9-14(11(2)3)20-21-15/h5-9,11H,4,10H2,1-3H3,(H,18,22)(H,19,23)(H,20,21). The van der Waals surface area contributed by atoms with E-state index in [-0.39, 0.29) is 24.3 Å². The summed E-state index contributed by atoms with van der Waals surface area (Å²) in [7, 11) is 0. The molecule has 0 aliphatic heterocycles. The van der Waals surface area contributed by atoms with Crippen LogP contribution in [0.15, 0.2) is 30.3 Å². The highest BCUT2D eigenvalue weighted by Crippen LogP contribution is 2.18. The van der Waals surface area contributed by atoms with Crippen LogP contribution in [0.5, 0.6) is 5.75 Å². The number of likely N-dealkylation sites (N-methyl/N-ethyl adjacent to an activating group) is 1. The number of benzene rings is 1. The maximum atomic E-state index is 12.2. The summed E-state index contributed by atoms with van der Waals surface area (Å²) in [5.74, 6) is 0.276. The van der Waals surface area contributed by atoms with E-state index >= 15 is 0 Å². The molecule has 7 heteroatoms. The number of carbonyl (C=O) groups is 2. The van der Waals surface area contributed by atoms with Crippen molar-refractivity contribution in [2.75, 3.05) is 18.5 Å². The smallest absolute Gasteiger partial charge is 0.276 e. The van der Waals surface area contributed by atoms with Gasteiger partial charge < -0.3 is 15.4 Å². The third-order valence-corrected chi connectivity index (χ3v) is 3.29. The fourth-order valence-electron chi connectivity index (χ4n) is 2.00. The largest absolute Gasteiger partial charge is 0.484 e. The molecular formula is C17H22N4O3. The number of rotatable bonds is 7. The van der Waals surface area contributed by atoms with Crippen molar-refractivity contribution >= 4 is 17.5 Å². The highest BCUT2D eigenvalue weighted by Gasteiger charge is 2.12. The van der Waals surface area contributed by atoms with Crippen molar-refractivity contribution in [3.63, 3.8) is 0 Å². The van der Waals surface area contributed by atoms with E-state index in [9.17, 15) is 9.59 Å². The molecule has 0 unspecified atom stereocenters. The number of nitrogens with zero attached hydrogens (tertiary/aromatic N) is 1. The second kappa shape index (κ2) is 8.14. The molecule has 0 aliphatic carbocycles. The number of anilines is 1. The maximum Gasteiger partial charge on any atom is 0.276 e. The molecule has 2 rings (SSSR count). The van der Waals surface area contributed by atoms with Gasteiger partial charge in [0.25, 0.3) is 11.8 Å². The monoisotopic (exact) mass is 330 g/mol. The Morgan fingerprint density at radius 3 is 2.75 bits per heavy atom. The van der Waals surface area contributed by atoms with Crippen LogP contribution in [0.2, 0.25) is 0 Å². The van der Waals surface area contributed by atoms with Crippen LogP contribution in [0.3, 0.4) is 0 Å². The summed E-state index contributed by atoms with van der Waals surface area (Å²) in [5, 5.41) is 12.3. The summed E-state index contributed by atoms with van der Waals surface area (Å²) < 4.78 is 5.40. The number of amides is 2. The first kappa shape index (κ1) is 17.5. The molecule has 3 N–H and O–H groups in total. The number of hydrogen-bond donors (Lipinski definition) is 3. The van der Waals surface area contributed by atoms with Gasteiger partial charge in [0, 0.05) is 24.0 Å². The molecule has 0 bridgehead atoms. The molecule has 0 saturated heterocycles. The van der Waals surface area contributed by atoms with E-state index in [1.54, 1.807) is 30.3 Å². The summed E-state index contributed by atoms with van der Waals surface area (Å²) in [5.41, 5.74) is 1.80. The quantitative estimate of drug-likeness (QED) is 0.726. The van der Waals surface area contributed by atoms with Crippen LogP contribution in [0.1, 0.15) is 42.9 Å². The van der Waals surface area contributed by atoms with Crippen molar-refractivity contribution in [3.05, 3.63) is 41.7 Å². The number of aromatic amines is 1. The van der Waals surface area contributed by atoms with Crippen molar-refractivity contribution in [3.8, 4) is 5.75 Å². The van der Waals surface area contributed by atoms with Gasteiger partial charge in [-0.2, -0.15) is 5.10 Å². The number of carbonyl (C=O) groups excluding carboxylic acids is 2. The van der Waals surface area contributed by atoms with Crippen molar-refractivity contribution in [1.29, 1.82) is 0 Å².